The van der Waals surface area contributed by atoms with E-state index in [1.54, 1.807) is 18.2 Å². The number of halogens is 2. The third-order valence-corrected chi connectivity index (χ3v) is 4.45. The zero-order valence-corrected chi connectivity index (χ0v) is 12.6. The normalized spacial score (nSPS) is 18.3. The molecule has 19 heavy (non-hydrogen) atoms. The highest BCUT2D eigenvalue weighted by Crippen LogP contribution is 2.26. The number of anilines is 1. The molecule has 2 amide bonds. The molecule has 2 rings (SSSR count). The van der Waals surface area contributed by atoms with Crippen LogP contribution in [0.25, 0.3) is 0 Å². The lowest BCUT2D eigenvalue weighted by Gasteiger charge is -2.08. The molecule has 8 heteroatoms. The van der Waals surface area contributed by atoms with E-state index in [0.29, 0.717) is 20.1 Å². The monoisotopic (exact) mass is 334 g/mol. The third kappa shape index (κ3) is 3.82. The van der Waals surface area contributed by atoms with Gasteiger partial charge in [0.25, 0.3) is 0 Å². The molecular weight excluding hydrogens is 327 g/mol. The van der Waals surface area contributed by atoms with Crippen molar-refractivity contribution >= 4 is 69.0 Å². The second-order valence-electron chi connectivity index (χ2n) is 3.76. The number of rotatable bonds is 3. The predicted molar refractivity (Wildman–Crippen MR) is 81.8 cm³/mol. The van der Waals surface area contributed by atoms with Gasteiger partial charge in [-0.2, -0.15) is 0 Å². The molecule has 0 radical (unpaired) electrons. The van der Waals surface area contributed by atoms with E-state index in [4.69, 9.17) is 35.4 Å². The van der Waals surface area contributed by atoms with E-state index in [1.165, 1.54) is 11.8 Å². The molecule has 1 heterocycles. The average molecular weight is 335 g/mol. The van der Waals surface area contributed by atoms with E-state index in [2.05, 4.69) is 10.6 Å². The van der Waals surface area contributed by atoms with Gasteiger partial charge in [0.1, 0.15) is 4.32 Å². The van der Waals surface area contributed by atoms with Crippen LogP contribution in [0.5, 0.6) is 0 Å². The van der Waals surface area contributed by atoms with E-state index in [9.17, 15) is 9.59 Å². The molecule has 1 aliphatic heterocycles. The first kappa shape index (κ1) is 14.6. The lowest BCUT2D eigenvalue weighted by molar-refractivity contribution is -0.122. The van der Waals surface area contributed by atoms with Crippen molar-refractivity contribution in [3.8, 4) is 0 Å². The largest absolute Gasteiger partial charge is 0.326 e. The molecule has 0 unspecified atom stereocenters. The summed E-state index contributed by atoms with van der Waals surface area (Å²) in [6.07, 6.45) is 0.0525. The minimum atomic E-state index is -0.477. The van der Waals surface area contributed by atoms with Crippen molar-refractivity contribution in [1.82, 2.24) is 5.32 Å². The van der Waals surface area contributed by atoms with Crippen molar-refractivity contribution in [3.63, 3.8) is 0 Å². The third-order valence-electron chi connectivity index (χ3n) is 2.34. The molecule has 0 saturated carbocycles. The summed E-state index contributed by atoms with van der Waals surface area (Å²) in [5.74, 6) is -0.518. The van der Waals surface area contributed by atoms with Crippen molar-refractivity contribution in [2.24, 2.45) is 0 Å². The Morgan fingerprint density at radius 1 is 1.42 bits per heavy atom. The van der Waals surface area contributed by atoms with Gasteiger partial charge in [0, 0.05) is 12.1 Å². The molecule has 0 spiro atoms. The first-order valence-electron chi connectivity index (χ1n) is 5.22. The predicted octanol–water partition coefficient (Wildman–Crippen LogP) is 2.84. The summed E-state index contributed by atoms with van der Waals surface area (Å²) in [7, 11) is 0. The van der Waals surface area contributed by atoms with Crippen molar-refractivity contribution in [2.75, 3.05) is 5.32 Å². The van der Waals surface area contributed by atoms with Crippen LogP contribution in [0.15, 0.2) is 18.2 Å². The Morgan fingerprint density at radius 3 is 2.74 bits per heavy atom. The smallest absolute Gasteiger partial charge is 0.239 e. The van der Waals surface area contributed by atoms with E-state index < -0.39 is 5.25 Å². The Hall–Kier alpha value is -0.820. The van der Waals surface area contributed by atoms with Crippen molar-refractivity contribution in [1.29, 1.82) is 0 Å². The minimum absolute atomic E-state index is 0.0525. The number of amides is 2. The van der Waals surface area contributed by atoms with Crippen LogP contribution in [-0.4, -0.2) is 21.4 Å². The second-order valence-corrected chi connectivity index (χ2v) is 6.46. The van der Waals surface area contributed by atoms with Crippen LogP contribution in [0.4, 0.5) is 5.69 Å². The lowest BCUT2D eigenvalue weighted by Crippen LogP contribution is -2.27. The topological polar surface area (TPSA) is 58.2 Å². The van der Waals surface area contributed by atoms with Crippen LogP contribution in [0.1, 0.15) is 6.42 Å². The summed E-state index contributed by atoms with van der Waals surface area (Å²) in [6, 6.07) is 4.78. The molecule has 1 atom stereocenters. The van der Waals surface area contributed by atoms with Gasteiger partial charge in [-0.1, -0.05) is 47.2 Å². The highest BCUT2D eigenvalue weighted by atomic mass is 35.5. The Balaban J connectivity index is 1.96. The Kier molecular flexibility index (Phi) is 4.67. The molecule has 2 N–H and O–H groups in total. The number of carbonyl (C=O) groups excluding carboxylic acids is 2. The van der Waals surface area contributed by atoms with Gasteiger partial charge >= 0.3 is 0 Å². The first-order valence-corrected chi connectivity index (χ1v) is 7.26. The summed E-state index contributed by atoms with van der Waals surface area (Å²) < 4.78 is 0.400. The number of thioether (sulfide) groups is 1. The molecule has 4 nitrogen and oxygen atoms in total. The Morgan fingerprint density at radius 2 is 2.16 bits per heavy atom. The Labute approximate surface area is 129 Å². The average Bonchev–Trinajstić information content (AvgIpc) is 2.62. The fourth-order valence-corrected chi connectivity index (χ4v) is 3.05. The van der Waals surface area contributed by atoms with Gasteiger partial charge in [-0.05, 0) is 18.2 Å². The fourth-order valence-electron chi connectivity index (χ4n) is 1.48. The van der Waals surface area contributed by atoms with Gasteiger partial charge < -0.3 is 10.6 Å². The van der Waals surface area contributed by atoms with Gasteiger partial charge in [0.05, 0.1) is 15.3 Å². The number of carbonyl (C=O) groups is 2. The summed E-state index contributed by atoms with van der Waals surface area (Å²) >= 11 is 17.7. The number of hydrogen-bond donors (Lipinski definition) is 2. The zero-order chi connectivity index (χ0) is 14.0. The summed E-state index contributed by atoms with van der Waals surface area (Å²) in [6.45, 7) is 0. The number of hydrogen-bond acceptors (Lipinski definition) is 4. The van der Waals surface area contributed by atoms with E-state index in [-0.39, 0.29) is 18.2 Å². The first-order chi connectivity index (χ1) is 8.95. The van der Waals surface area contributed by atoms with Crippen LogP contribution in [0, 0.1) is 0 Å². The van der Waals surface area contributed by atoms with Gasteiger partial charge in [-0.3, -0.25) is 9.59 Å². The maximum atomic E-state index is 11.8. The number of benzene rings is 1. The van der Waals surface area contributed by atoms with Gasteiger partial charge in [-0.15, -0.1) is 0 Å². The van der Waals surface area contributed by atoms with Crippen LogP contribution in [-0.2, 0) is 9.59 Å². The fraction of sp³-hybridized carbons (Fsp3) is 0.182. The molecule has 0 aromatic heterocycles. The molecule has 0 bridgehead atoms. The number of nitrogens with one attached hydrogen (secondary N) is 2. The Bertz CT molecular complexity index is 566. The van der Waals surface area contributed by atoms with E-state index in [0.717, 1.165) is 0 Å². The number of thiocarbonyl (C=S) groups is 1. The SMILES string of the molecule is O=C(C[C@H]1SC(=S)NC1=O)Nc1ccc(Cl)c(Cl)c1. The molecule has 100 valence electrons. The van der Waals surface area contributed by atoms with E-state index >= 15 is 0 Å². The molecule has 1 aromatic carbocycles. The highest BCUT2D eigenvalue weighted by molar-refractivity contribution is 8.24. The van der Waals surface area contributed by atoms with Crippen molar-refractivity contribution in [2.45, 2.75) is 11.7 Å². The van der Waals surface area contributed by atoms with Gasteiger partial charge in [-0.25, -0.2) is 0 Å². The van der Waals surface area contributed by atoms with Crippen LogP contribution in [0.3, 0.4) is 0 Å². The van der Waals surface area contributed by atoms with Crippen LogP contribution in [0.2, 0.25) is 10.0 Å². The summed E-state index contributed by atoms with van der Waals surface area (Å²) in [5, 5.41) is 5.43. The summed E-state index contributed by atoms with van der Waals surface area (Å²) in [4.78, 5) is 23.2. The lowest BCUT2D eigenvalue weighted by atomic mass is 10.2. The minimum Gasteiger partial charge on any atom is -0.326 e. The van der Waals surface area contributed by atoms with Crippen molar-refractivity contribution < 1.29 is 9.59 Å². The van der Waals surface area contributed by atoms with Crippen LogP contribution >= 0.6 is 47.2 Å². The second kappa shape index (κ2) is 6.09. The molecule has 1 saturated heterocycles. The standard InChI is InChI=1S/C11H8Cl2N2O2S2/c12-6-2-1-5(3-7(6)13)14-9(16)4-8-10(17)15-11(18)19-8/h1-3,8H,4H2,(H,14,16)(H,15,17,18)/t8-/m1/s1. The molecule has 1 aromatic rings. The highest BCUT2D eigenvalue weighted by Gasteiger charge is 2.30. The van der Waals surface area contributed by atoms with Crippen LogP contribution < -0.4 is 10.6 Å². The molecule has 1 aliphatic rings. The van der Waals surface area contributed by atoms with Gasteiger partial charge in [0.15, 0.2) is 0 Å². The zero-order valence-electron chi connectivity index (χ0n) is 9.41. The maximum Gasteiger partial charge on any atom is 0.239 e. The maximum absolute atomic E-state index is 11.8. The quantitative estimate of drug-likeness (QED) is 0.834. The van der Waals surface area contributed by atoms with E-state index in [1.807, 2.05) is 0 Å². The summed E-state index contributed by atoms with van der Waals surface area (Å²) in [5.41, 5.74) is 0.533. The van der Waals surface area contributed by atoms with Crippen molar-refractivity contribution in [3.05, 3.63) is 28.2 Å². The molecule has 1 fully saturated rings. The molecular formula is C11H8Cl2N2O2S2. The van der Waals surface area contributed by atoms with Gasteiger partial charge in [0.2, 0.25) is 11.8 Å². The molecule has 0 aliphatic carbocycles.